The summed E-state index contributed by atoms with van der Waals surface area (Å²) in [4.78, 5) is 26.2. The Morgan fingerprint density at radius 3 is 2.92 bits per heavy atom. The molecule has 0 unspecified atom stereocenters. The monoisotopic (exact) mass is 342 g/mol. The SMILES string of the molecule is CN1CCC(N2CCC[C@H]2C(=O)NCc2cn3cccnc3n2)CC1. The second kappa shape index (κ2) is 7.09. The topological polar surface area (TPSA) is 65.8 Å². The summed E-state index contributed by atoms with van der Waals surface area (Å²) in [6, 6.07) is 2.44. The zero-order valence-corrected chi connectivity index (χ0v) is 14.8. The summed E-state index contributed by atoms with van der Waals surface area (Å²) in [5.74, 6) is 0.807. The standard InChI is InChI=1S/C18H26N6O/c1-22-10-5-15(6-11-22)24-9-2-4-16(24)17(25)20-12-14-13-23-8-3-7-19-18(23)21-14/h3,7-8,13,15-16H,2,4-6,9-12H2,1H3,(H,20,25)/t16-/m0/s1. The fourth-order valence-corrected chi connectivity index (χ4v) is 4.09. The van der Waals surface area contributed by atoms with Crippen LogP contribution in [0, 0.1) is 0 Å². The largest absolute Gasteiger partial charge is 0.349 e. The Kier molecular flexibility index (Phi) is 4.67. The molecule has 7 heteroatoms. The van der Waals surface area contributed by atoms with Gasteiger partial charge in [0.25, 0.3) is 0 Å². The van der Waals surface area contributed by atoms with Crippen LogP contribution in [0.4, 0.5) is 0 Å². The predicted octanol–water partition coefficient (Wildman–Crippen LogP) is 0.904. The molecule has 0 spiro atoms. The number of imidazole rings is 1. The van der Waals surface area contributed by atoms with Crippen molar-refractivity contribution in [1.82, 2.24) is 29.5 Å². The van der Waals surface area contributed by atoms with Crippen molar-refractivity contribution in [3.63, 3.8) is 0 Å². The van der Waals surface area contributed by atoms with E-state index >= 15 is 0 Å². The van der Waals surface area contributed by atoms with Crippen molar-refractivity contribution in [2.45, 2.75) is 44.3 Å². The average Bonchev–Trinajstić information content (AvgIpc) is 3.27. The summed E-state index contributed by atoms with van der Waals surface area (Å²) in [5, 5.41) is 3.09. The van der Waals surface area contributed by atoms with Crippen molar-refractivity contribution in [3.05, 3.63) is 30.4 Å². The third kappa shape index (κ3) is 3.52. The van der Waals surface area contributed by atoms with E-state index in [1.165, 1.54) is 12.8 Å². The summed E-state index contributed by atoms with van der Waals surface area (Å²) >= 11 is 0. The van der Waals surface area contributed by atoms with Crippen molar-refractivity contribution in [1.29, 1.82) is 0 Å². The molecule has 2 aromatic rings. The molecule has 134 valence electrons. The molecule has 2 aliphatic heterocycles. The number of hydrogen-bond donors (Lipinski definition) is 1. The summed E-state index contributed by atoms with van der Waals surface area (Å²) < 4.78 is 1.88. The van der Waals surface area contributed by atoms with E-state index in [-0.39, 0.29) is 11.9 Å². The molecule has 0 aliphatic carbocycles. The van der Waals surface area contributed by atoms with Crippen molar-refractivity contribution >= 4 is 11.7 Å². The predicted molar refractivity (Wildman–Crippen MR) is 95.1 cm³/mol. The molecule has 0 saturated carbocycles. The number of carbonyl (C=O) groups excluding carboxylic acids is 1. The Morgan fingerprint density at radius 1 is 1.28 bits per heavy atom. The molecule has 1 N–H and O–H groups in total. The molecule has 1 amide bonds. The first-order valence-electron chi connectivity index (χ1n) is 9.21. The van der Waals surface area contributed by atoms with E-state index in [1.807, 2.05) is 22.9 Å². The molecule has 4 heterocycles. The van der Waals surface area contributed by atoms with Crippen LogP contribution in [0.25, 0.3) is 5.78 Å². The Bertz CT molecular complexity index is 703. The molecular formula is C18H26N6O. The maximum absolute atomic E-state index is 12.7. The molecule has 2 aliphatic rings. The van der Waals surface area contributed by atoms with E-state index in [9.17, 15) is 4.79 Å². The lowest BCUT2D eigenvalue weighted by Gasteiger charge is -2.37. The fraction of sp³-hybridized carbons (Fsp3) is 0.611. The highest BCUT2D eigenvalue weighted by Gasteiger charge is 2.36. The van der Waals surface area contributed by atoms with Crippen LogP contribution in [0.2, 0.25) is 0 Å². The fourth-order valence-electron chi connectivity index (χ4n) is 4.09. The van der Waals surface area contributed by atoms with E-state index < -0.39 is 0 Å². The van der Waals surface area contributed by atoms with Crippen molar-refractivity contribution in [2.75, 3.05) is 26.7 Å². The minimum atomic E-state index is 0.0172. The van der Waals surface area contributed by atoms with Gasteiger partial charge in [0.1, 0.15) is 0 Å². The van der Waals surface area contributed by atoms with E-state index in [4.69, 9.17) is 0 Å². The van der Waals surface area contributed by atoms with Gasteiger partial charge in [-0.1, -0.05) is 0 Å². The summed E-state index contributed by atoms with van der Waals surface area (Å²) in [7, 11) is 2.17. The minimum absolute atomic E-state index is 0.0172. The maximum Gasteiger partial charge on any atom is 0.237 e. The van der Waals surface area contributed by atoms with Gasteiger partial charge >= 0.3 is 0 Å². The summed E-state index contributed by atoms with van der Waals surface area (Å²) in [5.41, 5.74) is 0.843. The molecule has 0 radical (unpaired) electrons. The number of amides is 1. The van der Waals surface area contributed by atoms with Crippen molar-refractivity contribution in [2.24, 2.45) is 0 Å². The molecule has 0 bridgehead atoms. The number of nitrogens with zero attached hydrogens (tertiary/aromatic N) is 5. The third-order valence-corrected chi connectivity index (χ3v) is 5.48. The Hall–Kier alpha value is -1.99. The van der Waals surface area contributed by atoms with Gasteiger partial charge in [0.2, 0.25) is 11.7 Å². The Balaban J connectivity index is 1.36. The molecule has 1 atom stereocenters. The van der Waals surface area contributed by atoms with Gasteiger partial charge in [-0.25, -0.2) is 9.97 Å². The Labute approximate surface area is 148 Å². The van der Waals surface area contributed by atoms with Gasteiger partial charge < -0.3 is 10.2 Å². The van der Waals surface area contributed by atoms with Crippen LogP contribution in [-0.4, -0.2) is 68.8 Å². The summed E-state index contributed by atoms with van der Waals surface area (Å²) in [6.07, 6.45) is 9.97. The number of rotatable bonds is 4. The van der Waals surface area contributed by atoms with Gasteiger partial charge in [-0.05, 0) is 58.4 Å². The molecule has 2 aromatic heterocycles. The second-order valence-electron chi connectivity index (χ2n) is 7.21. The lowest BCUT2D eigenvalue weighted by molar-refractivity contribution is -0.126. The highest BCUT2D eigenvalue weighted by molar-refractivity contribution is 5.82. The van der Waals surface area contributed by atoms with Crippen LogP contribution in [0.1, 0.15) is 31.4 Å². The van der Waals surface area contributed by atoms with Gasteiger partial charge in [0.15, 0.2) is 0 Å². The van der Waals surface area contributed by atoms with Gasteiger partial charge in [0.05, 0.1) is 18.3 Å². The van der Waals surface area contributed by atoms with Crippen LogP contribution < -0.4 is 5.32 Å². The molecule has 7 nitrogen and oxygen atoms in total. The molecule has 2 saturated heterocycles. The zero-order chi connectivity index (χ0) is 17.2. The average molecular weight is 342 g/mol. The van der Waals surface area contributed by atoms with Gasteiger partial charge in [0, 0.05) is 24.6 Å². The molecule has 0 aromatic carbocycles. The van der Waals surface area contributed by atoms with E-state index in [1.54, 1.807) is 6.20 Å². The van der Waals surface area contributed by atoms with Crippen LogP contribution in [0.5, 0.6) is 0 Å². The van der Waals surface area contributed by atoms with Gasteiger partial charge in [-0.15, -0.1) is 0 Å². The van der Waals surface area contributed by atoms with Crippen molar-refractivity contribution < 1.29 is 4.79 Å². The first kappa shape index (κ1) is 16.5. The number of carbonyl (C=O) groups is 1. The normalized spacial score (nSPS) is 23.3. The van der Waals surface area contributed by atoms with Crippen LogP contribution >= 0.6 is 0 Å². The van der Waals surface area contributed by atoms with Gasteiger partial charge in [-0.2, -0.15) is 0 Å². The van der Waals surface area contributed by atoms with E-state index in [0.717, 1.165) is 38.2 Å². The number of hydrogen-bond acceptors (Lipinski definition) is 5. The molecule has 25 heavy (non-hydrogen) atoms. The zero-order valence-electron chi connectivity index (χ0n) is 14.8. The number of nitrogens with one attached hydrogen (secondary N) is 1. The van der Waals surface area contributed by atoms with Gasteiger partial charge in [-0.3, -0.25) is 14.1 Å². The van der Waals surface area contributed by atoms with Crippen LogP contribution in [0.3, 0.4) is 0 Å². The number of likely N-dealkylation sites (tertiary alicyclic amines) is 2. The third-order valence-electron chi connectivity index (χ3n) is 5.48. The Morgan fingerprint density at radius 2 is 2.12 bits per heavy atom. The van der Waals surface area contributed by atoms with Crippen LogP contribution in [-0.2, 0) is 11.3 Å². The van der Waals surface area contributed by atoms with E-state index in [2.05, 4.69) is 32.1 Å². The molecule has 2 fully saturated rings. The maximum atomic E-state index is 12.7. The lowest BCUT2D eigenvalue weighted by atomic mass is 10.0. The number of fused-ring (bicyclic) bond motifs is 1. The van der Waals surface area contributed by atoms with Crippen LogP contribution in [0.15, 0.2) is 24.7 Å². The number of piperidine rings is 1. The number of aromatic nitrogens is 3. The second-order valence-corrected chi connectivity index (χ2v) is 7.21. The first-order valence-corrected chi connectivity index (χ1v) is 9.21. The minimum Gasteiger partial charge on any atom is -0.349 e. The molecular weight excluding hydrogens is 316 g/mol. The lowest BCUT2D eigenvalue weighted by Crippen LogP contribution is -2.50. The highest BCUT2D eigenvalue weighted by atomic mass is 16.2. The first-order chi connectivity index (χ1) is 12.2. The van der Waals surface area contributed by atoms with Crippen molar-refractivity contribution in [3.8, 4) is 0 Å². The molecule has 4 rings (SSSR count). The summed E-state index contributed by atoms with van der Waals surface area (Å²) in [6.45, 7) is 3.76. The smallest absolute Gasteiger partial charge is 0.237 e. The quantitative estimate of drug-likeness (QED) is 0.894. The van der Waals surface area contributed by atoms with E-state index in [0.29, 0.717) is 18.4 Å². The highest BCUT2D eigenvalue weighted by Crippen LogP contribution is 2.25.